The first-order valence-corrected chi connectivity index (χ1v) is 4.60. The first-order chi connectivity index (χ1) is 7.00. The fourth-order valence-electron chi connectivity index (χ4n) is 1.45. The smallest absolute Gasteiger partial charge is 0.313 e. The molecule has 0 bridgehead atoms. The van der Waals surface area contributed by atoms with Gasteiger partial charge in [-0.15, -0.1) is 0 Å². The van der Waals surface area contributed by atoms with Crippen LogP contribution in [0, 0.1) is 5.41 Å². The molecular formula is C9H15NO5. The fraction of sp³-hybridized carbons (Fsp3) is 0.778. The molecule has 6 heteroatoms. The largest absolute Gasteiger partial charge is 0.481 e. The van der Waals surface area contributed by atoms with E-state index < -0.39 is 17.4 Å². The number of aliphatic carboxylic acids is 1. The van der Waals surface area contributed by atoms with Crippen molar-refractivity contribution in [3.63, 3.8) is 0 Å². The monoisotopic (exact) mass is 217 g/mol. The van der Waals surface area contributed by atoms with Crippen LogP contribution in [0.25, 0.3) is 0 Å². The maximum absolute atomic E-state index is 11.2. The van der Waals surface area contributed by atoms with Gasteiger partial charge in [0.15, 0.2) is 0 Å². The van der Waals surface area contributed by atoms with Crippen LogP contribution in [0.3, 0.4) is 0 Å². The van der Waals surface area contributed by atoms with E-state index in [1.807, 2.05) is 0 Å². The normalized spacial score (nSPS) is 30.1. The van der Waals surface area contributed by atoms with Gasteiger partial charge in [0.25, 0.3) is 0 Å². The molecule has 0 spiro atoms. The van der Waals surface area contributed by atoms with Crippen LogP contribution in [-0.2, 0) is 19.1 Å². The maximum atomic E-state index is 11.2. The Balaban J connectivity index is 2.61. The molecule has 1 rings (SSSR count). The highest BCUT2D eigenvalue weighted by molar-refractivity contribution is 5.80. The summed E-state index contributed by atoms with van der Waals surface area (Å²) in [4.78, 5) is 22.2. The molecule has 1 heterocycles. The minimum atomic E-state index is -1.05. The van der Waals surface area contributed by atoms with Crippen LogP contribution in [0.1, 0.15) is 6.92 Å². The Morgan fingerprint density at radius 3 is 2.87 bits per heavy atom. The summed E-state index contributed by atoms with van der Waals surface area (Å²) in [5.74, 6) is -1.30. The van der Waals surface area contributed by atoms with Crippen LogP contribution in [-0.4, -0.2) is 50.0 Å². The molecule has 2 N–H and O–H groups in total. The summed E-state index contributed by atoms with van der Waals surface area (Å²) in [6, 6.07) is -0.502. The van der Waals surface area contributed by atoms with Gasteiger partial charge in [0.1, 0.15) is 12.0 Å². The lowest BCUT2D eigenvalue weighted by Gasteiger charge is -2.25. The van der Waals surface area contributed by atoms with E-state index in [1.165, 1.54) is 7.11 Å². The predicted molar refractivity (Wildman–Crippen MR) is 50.4 cm³/mol. The van der Waals surface area contributed by atoms with E-state index in [4.69, 9.17) is 9.84 Å². The van der Waals surface area contributed by atoms with Gasteiger partial charge >= 0.3 is 5.97 Å². The molecule has 0 aromatic heterocycles. The van der Waals surface area contributed by atoms with Crippen molar-refractivity contribution in [3.05, 3.63) is 0 Å². The van der Waals surface area contributed by atoms with Crippen molar-refractivity contribution >= 4 is 11.9 Å². The Labute approximate surface area is 87.5 Å². The van der Waals surface area contributed by atoms with Crippen molar-refractivity contribution in [2.24, 2.45) is 5.41 Å². The first-order valence-electron chi connectivity index (χ1n) is 4.60. The molecule has 1 amide bonds. The Morgan fingerprint density at radius 2 is 2.33 bits per heavy atom. The number of carboxylic acids is 1. The number of carbonyl (C=O) groups excluding carboxylic acids is 1. The SMILES string of the molecule is COCC(=O)NC1COCC1(C)C(=O)O. The van der Waals surface area contributed by atoms with Crippen molar-refractivity contribution < 1.29 is 24.2 Å². The summed E-state index contributed by atoms with van der Waals surface area (Å²) in [6.45, 7) is 1.81. The number of rotatable bonds is 4. The highest BCUT2D eigenvalue weighted by Crippen LogP contribution is 2.28. The van der Waals surface area contributed by atoms with Crippen molar-refractivity contribution in [1.82, 2.24) is 5.32 Å². The van der Waals surface area contributed by atoms with Crippen molar-refractivity contribution in [2.75, 3.05) is 26.9 Å². The molecule has 1 fully saturated rings. The van der Waals surface area contributed by atoms with Gasteiger partial charge in [-0.3, -0.25) is 9.59 Å². The molecule has 2 atom stereocenters. The third kappa shape index (κ3) is 2.45. The molecule has 0 saturated carbocycles. The standard InChI is InChI=1S/C9H15NO5/c1-9(8(12)13)5-15-3-6(9)10-7(11)4-14-2/h6H,3-5H2,1-2H3,(H,10,11)(H,12,13). The zero-order chi connectivity index (χ0) is 11.5. The Hall–Kier alpha value is -1.14. The molecule has 0 aliphatic carbocycles. The van der Waals surface area contributed by atoms with E-state index in [9.17, 15) is 9.59 Å². The molecule has 1 aliphatic heterocycles. The second kappa shape index (κ2) is 4.59. The van der Waals surface area contributed by atoms with Crippen molar-refractivity contribution in [2.45, 2.75) is 13.0 Å². The highest BCUT2D eigenvalue weighted by Gasteiger charge is 2.47. The Bertz CT molecular complexity index is 267. The van der Waals surface area contributed by atoms with Crippen LogP contribution in [0.4, 0.5) is 0 Å². The number of carboxylic acid groups (broad SMARTS) is 1. The number of ether oxygens (including phenoxy) is 2. The van der Waals surface area contributed by atoms with Crippen LogP contribution >= 0.6 is 0 Å². The quantitative estimate of drug-likeness (QED) is 0.646. The van der Waals surface area contributed by atoms with Gasteiger partial charge in [0.05, 0.1) is 19.3 Å². The van der Waals surface area contributed by atoms with E-state index in [2.05, 4.69) is 10.1 Å². The summed E-state index contributed by atoms with van der Waals surface area (Å²) >= 11 is 0. The summed E-state index contributed by atoms with van der Waals surface area (Å²) in [6.07, 6.45) is 0. The molecular weight excluding hydrogens is 202 g/mol. The van der Waals surface area contributed by atoms with Crippen molar-refractivity contribution in [1.29, 1.82) is 0 Å². The van der Waals surface area contributed by atoms with Gasteiger partial charge < -0.3 is 19.9 Å². The van der Waals surface area contributed by atoms with E-state index in [0.29, 0.717) is 0 Å². The number of methoxy groups -OCH3 is 1. The van der Waals surface area contributed by atoms with Gasteiger partial charge in [0, 0.05) is 7.11 Å². The number of hydrogen-bond donors (Lipinski definition) is 2. The van der Waals surface area contributed by atoms with Crippen LogP contribution in [0.2, 0.25) is 0 Å². The van der Waals surface area contributed by atoms with Gasteiger partial charge in [-0.25, -0.2) is 0 Å². The molecule has 0 radical (unpaired) electrons. The van der Waals surface area contributed by atoms with E-state index in [1.54, 1.807) is 6.92 Å². The average molecular weight is 217 g/mol. The summed E-state index contributed by atoms with van der Waals surface area (Å²) in [5.41, 5.74) is -1.05. The highest BCUT2D eigenvalue weighted by atomic mass is 16.5. The molecule has 6 nitrogen and oxygen atoms in total. The molecule has 86 valence electrons. The predicted octanol–water partition coefficient (Wildman–Crippen LogP) is -0.761. The van der Waals surface area contributed by atoms with Gasteiger partial charge in [0.2, 0.25) is 5.91 Å². The topological polar surface area (TPSA) is 84.9 Å². The average Bonchev–Trinajstić information content (AvgIpc) is 2.50. The number of carbonyl (C=O) groups is 2. The summed E-state index contributed by atoms with van der Waals surface area (Å²) in [5, 5.41) is 11.6. The molecule has 15 heavy (non-hydrogen) atoms. The lowest BCUT2D eigenvalue weighted by molar-refractivity contribution is -0.149. The zero-order valence-electron chi connectivity index (χ0n) is 8.78. The second-order valence-electron chi connectivity index (χ2n) is 3.79. The Kier molecular flexibility index (Phi) is 3.65. The van der Waals surface area contributed by atoms with E-state index in [-0.39, 0.29) is 25.7 Å². The molecule has 1 saturated heterocycles. The third-order valence-electron chi connectivity index (χ3n) is 2.55. The molecule has 0 aromatic rings. The molecule has 2 unspecified atom stereocenters. The molecule has 0 aromatic carbocycles. The minimum absolute atomic E-state index is 0.0772. The van der Waals surface area contributed by atoms with Crippen LogP contribution in [0.15, 0.2) is 0 Å². The van der Waals surface area contributed by atoms with E-state index in [0.717, 1.165) is 0 Å². The van der Waals surface area contributed by atoms with Gasteiger partial charge in [-0.05, 0) is 6.92 Å². The zero-order valence-corrected chi connectivity index (χ0v) is 8.78. The minimum Gasteiger partial charge on any atom is -0.481 e. The first kappa shape index (κ1) is 11.9. The lowest BCUT2D eigenvalue weighted by Crippen LogP contribution is -2.50. The second-order valence-corrected chi connectivity index (χ2v) is 3.79. The summed E-state index contributed by atoms with van der Waals surface area (Å²) < 4.78 is 9.72. The van der Waals surface area contributed by atoms with E-state index >= 15 is 0 Å². The fourth-order valence-corrected chi connectivity index (χ4v) is 1.45. The number of hydrogen-bond acceptors (Lipinski definition) is 4. The van der Waals surface area contributed by atoms with Gasteiger partial charge in [-0.1, -0.05) is 0 Å². The summed E-state index contributed by atoms with van der Waals surface area (Å²) in [7, 11) is 1.40. The van der Waals surface area contributed by atoms with Crippen LogP contribution < -0.4 is 5.32 Å². The van der Waals surface area contributed by atoms with Crippen molar-refractivity contribution in [3.8, 4) is 0 Å². The number of nitrogens with one attached hydrogen (secondary N) is 1. The maximum Gasteiger partial charge on any atom is 0.313 e. The number of amides is 1. The van der Waals surface area contributed by atoms with Gasteiger partial charge in [-0.2, -0.15) is 0 Å². The molecule has 1 aliphatic rings. The lowest BCUT2D eigenvalue weighted by atomic mass is 9.85. The van der Waals surface area contributed by atoms with Crippen LogP contribution in [0.5, 0.6) is 0 Å². The Morgan fingerprint density at radius 1 is 1.67 bits per heavy atom. The third-order valence-corrected chi connectivity index (χ3v) is 2.55.